The van der Waals surface area contributed by atoms with E-state index in [0.717, 1.165) is 53.0 Å². The lowest BCUT2D eigenvalue weighted by atomic mass is 9.93. The molecule has 24 heavy (non-hydrogen) atoms. The Balaban J connectivity index is 1.67. The first-order valence-corrected chi connectivity index (χ1v) is 8.38. The van der Waals surface area contributed by atoms with Gasteiger partial charge in [0.1, 0.15) is 11.1 Å². The maximum absolute atomic E-state index is 6.41. The fraction of sp³-hybridized carbons (Fsp3) is 0.368. The van der Waals surface area contributed by atoms with E-state index in [1.807, 2.05) is 18.2 Å². The minimum Gasteiger partial charge on any atom is -0.493 e. The van der Waals surface area contributed by atoms with Crippen LogP contribution in [0.2, 0.25) is 0 Å². The number of hydrogen-bond donors (Lipinski definition) is 0. The van der Waals surface area contributed by atoms with Gasteiger partial charge in [-0.25, -0.2) is 4.98 Å². The molecular weight excluding hydrogens is 304 g/mol. The van der Waals surface area contributed by atoms with Gasteiger partial charge in [-0.3, -0.25) is 4.98 Å². The fourth-order valence-corrected chi connectivity index (χ4v) is 4.02. The van der Waals surface area contributed by atoms with Crippen molar-refractivity contribution in [1.82, 2.24) is 9.97 Å². The van der Waals surface area contributed by atoms with Gasteiger partial charge in [-0.2, -0.15) is 0 Å². The van der Waals surface area contributed by atoms with Crippen molar-refractivity contribution in [2.24, 2.45) is 0 Å². The fourth-order valence-electron chi connectivity index (χ4n) is 4.02. The van der Waals surface area contributed by atoms with E-state index in [4.69, 9.17) is 13.9 Å². The lowest BCUT2D eigenvalue weighted by Gasteiger charge is -2.22. The van der Waals surface area contributed by atoms with Gasteiger partial charge >= 0.3 is 0 Å². The molecule has 0 bridgehead atoms. The van der Waals surface area contributed by atoms with Crippen LogP contribution in [0.3, 0.4) is 0 Å². The quantitative estimate of drug-likeness (QED) is 0.709. The molecule has 1 aromatic carbocycles. The van der Waals surface area contributed by atoms with Crippen LogP contribution in [0.25, 0.3) is 22.6 Å². The Morgan fingerprint density at radius 1 is 1.17 bits per heavy atom. The zero-order valence-electron chi connectivity index (χ0n) is 13.5. The third kappa shape index (κ3) is 1.94. The van der Waals surface area contributed by atoms with Gasteiger partial charge in [-0.05, 0) is 37.8 Å². The third-order valence-electron chi connectivity index (χ3n) is 5.20. The smallest absolute Gasteiger partial charge is 0.227 e. The summed E-state index contributed by atoms with van der Waals surface area (Å²) in [5.74, 6) is 2.27. The Hall–Kier alpha value is -2.56. The van der Waals surface area contributed by atoms with Gasteiger partial charge in [0.2, 0.25) is 5.89 Å². The molecule has 0 saturated heterocycles. The maximum Gasteiger partial charge on any atom is 0.227 e. The van der Waals surface area contributed by atoms with Gasteiger partial charge < -0.3 is 13.9 Å². The monoisotopic (exact) mass is 322 g/mol. The standard InChI is InChI=1S/C19H18N2O3/c1-22-16-5-4-12(18-21-14-11-20-9-6-15(14)23-18)13-10-19(24-17(13)16)7-2-3-8-19/h4-6,9,11H,2-3,7-8,10H2,1H3. The molecule has 1 fully saturated rings. The molecule has 5 rings (SSSR count). The molecule has 0 radical (unpaired) electrons. The highest BCUT2D eigenvalue weighted by molar-refractivity contribution is 5.77. The van der Waals surface area contributed by atoms with E-state index in [2.05, 4.69) is 9.97 Å². The Bertz CT molecular complexity index is 893. The summed E-state index contributed by atoms with van der Waals surface area (Å²) >= 11 is 0. The Morgan fingerprint density at radius 2 is 2.04 bits per heavy atom. The van der Waals surface area contributed by atoms with Crippen LogP contribution in [0.5, 0.6) is 11.5 Å². The molecule has 122 valence electrons. The van der Waals surface area contributed by atoms with E-state index in [9.17, 15) is 0 Å². The molecule has 1 aliphatic carbocycles. The van der Waals surface area contributed by atoms with Crippen molar-refractivity contribution < 1.29 is 13.9 Å². The summed E-state index contributed by atoms with van der Waals surface area (Å²) in [5.41, 5.74) is 3.59. The molecule has 3 aromatic rings. The minimum absolute atomic E-state index is 0.0702. The highest BCUT2D eigenvalue weighted by atomic mass is 16.5. The van der Waals surface area contributed by atoms with Gasteiger partial charge in [0.05, 0.1) is 13.3 Å². The normalized spacial score (nSPS) is 18.0. The second-order valence-corrected chi connectivity index (χ2v) is 6.65. The van der Waals surface area contributed by atoms with Crippen LogP contribution < -0.4 is 9.47 Å². The molecule has 1 spiro atoms. The van der Waals surface area contributed by atoms with Gasteiger partial charge in [-0.1, -0.05) is 0 Å². The summed E-state index contributed by atoms with van der Waals surface area (Å²) in [5, 5.41) is 0. The summed E-state index contributed by atoms with van der Waals surface area (Å²) in [7, 11) is 1.68. The molecule has 5 nitrogen and oxygen atoms in total. The first kappa shape index (κ1) is 13.8. The summed E-state index contributed by atoms with van der Waals surface area (Å²) in [6.45, 7) is 0. The number of nitrogens with zero attached hydrogens (tertiary/aromatic N) is 2. The van der Waals surface area contributed by atoms with E-state index in [1.54, 1.807) is 19.5 Å². The van der Waals surface area contributed by atoms with E-state index in [-0.39, 0.29) is 5.60 Å². The number of pyridine rings is 1. The number of methoxy groups -OCH3 is 1. The van der Waals surface area contributed by atoms with Gasteiger partial charge in [0, 0.05) is 29.8 Å². The number of oxazole rings is 1. The van der Waals surface area contributed by atoms with Gasteiger partial charge in [-0.15, -0.1) is 0 Å². The zero-order chi connectivity index (χ0) is 16.1. The van der Waals surface area contributed by atoms with Crippen molar-refractivity contribution in [1.29, 1.82) is 0 Å². The van der Waals surface area contributed by atoms with Crippen LogP contribution in [0.1, 0.15) is 31.2 Å². The largest absolute Gasteiger partial charge is 0.493 e. The van der Waals surface area contributed by atoms with Crippen molar-refractivity contribution in [2.75, 3.05) is 7.11 Å². The summed E-state index contributed by atoms with van der Waals surface area (Å²) < 4.78 is 17.9. The van der Waals surface area contributed by atoms with Crippen molar-refractivity contribution in [3.8, 4) is 23.0 Å². The van der Waals surface area contributed by atoms with Crippen molar-refractivity contribution in [2.45, 2.75) is 37.7 Å². The predicted molar refractivity (Wildman–Crippen MR) is 89.3 cm³/mol. The van der Waals surface area contributed by atoms with Crippen LogP contribution in [-0.2, 0) is 6.42 Å². The number of hydrogen-bond acceptors (Lipinski definition) is 5. The molecular formula is C19H18N2O3. The SMILES string of the molecule is COc1ccc(-c2nc3cnccc3o2)c2c1OC1(CCCC1)C2. The molecule has 3 heterocycles. The van der Waals surface area contributed by atoms with Gasteiger partial charge in [0.15, 0.2) is 17.1 Å². The predicted octanol–water partition coefficient (Wildman–Crippen LogP) is 4.15. The molecule has 5 heteroatoms. The van der Waals surface area contributed by atoms with E-state index in [0.29, 0.717) is 5.89 Å². The first-order chi connectivity index (χ1) is 11.8. The van der Waals surface area contributed by atoms with Crippen molar-refractivity contribution >= 4 is 11.1 Å². The van der Waals surface area contributed by atoms with Gasteiger partial charge in [0.25, 0.3) is 0 Å². The van der Waals surface area contributed by atoms with E-state index < -0.39 is 0 Å². The number of fused-ring (bicyclic) bond motifs is 2. The highest BCUT2D eigenvalue weighted by Crippen LogP contribution is 2.51. The van der Waals surface area contributed by atoms with E-state index in [1.165, 1.54) is 12.8 Å². The van der Waals surface area contributed by atoms with Crippen LogP contribution >= 0.6 is 0 Å². The molecule has 0 atom stereocenters. The number of rotatable bonds is 2. The summed E-state index contributed by atoms with van der Waals surface area (Å²) in [4.78, 5) is 8.72. The average molecular weight is 322 g/mol. The molecule has 1 saturated carbocycles. The van der Waals surface area contributed by atoms with Crippen LogP contribution in [0, 0.1) is 0 Å². The third-order valence-corrected chi connectivity index (χ3v) is 5.20. The topological polar surface area (TPSA) is 57.4 Å². The number of aromatic nitrogens is 2. The molecule has 2 aromatic heterocycles. The summed E-state index contributed by atoms with van der Waals surface area (Å²) in [6.07, 6.45) is 8.98. The second-order valence-electron chi connectivity index (χ2n) is 6.65. The Labute approximate surface area is 139 Å². The first-order valence-electron chi connectivity index (χ1n) is 8.38. The lowest BCUT2D eigenvalue weighted by Crippen LogP contribution is -2.30. The minimum atomic E-state index is -0.0702. The number of benzene rings is 1. The number of ether oxygens (including phenoxy) is 2. The van der Waals surface area contributed by atoms with Crippen LogP contribution in [0.15, 0.2) is 35.0 Å². The van der Waals surface area contributed by atoms with Crippen molar-refractivity contribution in [3.05, 3.63) is 36.2 Å². The van der Waals surface area contributed by atoms with Crippen LogP contribution in [-0.4, -0.2) is 22.7 Å². The van der Waals surface area contributed by atoms with Crippen molar-refractivity contribution in [3.63, 3.8) is 0 Å². The molecule has 0 unspecified atom stereocenters. The molecule has 0 N–H and O–H groups in total. The van der Waals surface area contributed by atoms with Crippen LogP contribution in [0.4, 0.5) is 0 Å². The summed E-state index contributed by atoms with van der Waals surface area (Å²) in [6, 6.07) is 5.80. The van der Waals surface area contributed by atoms with E-state index >= 15 is 0 Å². The lowest BCUT2D eigenvalue weighted by molar-refractivity contribution is 0.0996. The second kappa shape index (κ2) is 4.97. The zero-order valence-corrected chi connectivity index (χ0v) is 13.5. The Morgan fingerprint density at radius 3 is 2.83 bits per heavy atom. The maximum atomic E-state index is 6.41. The molecule has 0 amide bonds. The molecule has 2 aliphatic rings. The average Bonchev–Trinajstić information content (AvgIpc) is 3.31. The molecule has 1 aliphatic heterocycles. The Kier molecular flexibility index (Phi) is 2.86. The highest BCUT2D eigenvalue weighted by Gasteiger charge is 2.44.